The van der Waals surface area contributed by atoms with E-state index in [9.17, 15) is 18.5 Å². The Morgan fingerprint density at radius 3 is 2.62 bits per heavy atom. The predicted molar refractivity (Wildman–Crippen MR) is 79.8 cm³/mol. The molecular weight excluding hydrogens is 294 g/mol. The lowest BCUT2D eigenvalue weighted by atomic mass is 10.2. The lowest BCUT2D eigenvalue weighted by molar-refractivity contribution is -0.384. The molecule has 2 N–H and O–H groups in total. The van der Waals surface area contributed by atoms with Gasteiger partial charge >= 0.3 is 0 Å². The van der Waals surface area contributed by atoms with E-state index in [0.717, 1.165) is 12.8 Å². The lowest BCUT2D eigenvalue weighted by Gasteiger charge is -2.14. The third-order valence-electron chi connectivity index (χ3n) is 3.51. The van der Waals surface area contributed by atoms with Crippen LogP contribution in [0.5, 0.6) is 0 Å². The molecule has 116 valence electrons. The molecule has 2 rings (SSSR count). The van der Waals surface area contributed by atoms with Gasteiger partial charge in [-0.15, -0.1) is 0 Å². The molecule has 8 heteroatoms. The number of hydrogen-bond donors (Lipinski definition) is 2. The highest BCUT2D eigenvalue weighted by Gasteiger charge is 2.31. The number of hydrogen-bond acceptors (Lipinski definition) is 5. The van der Waals surface area contributed by atoms with Gasteiger partial charge in [-0.25, -0.2) is 13.1 Å². The number of nitro groups is 1. The zero-order chi connectivity index (χ0) is 15.6. The van der Waals surface area contributed by atoms with Gasteiger partial charge < -0.3 is 5.32 Å². The van der Waals surface area contributed by atoms with Gasteiger partial charge in [0.2, 0.25) is 10.0 Å². The van der Waals surface area contributed by atoms with Crippen molar-refractivity contribution >= 4 is 21.4 Å². The van der Waals surface area contributed by atoms with E-state index in [-0.39, 0.29) is 22.3 Å². The number of anilines is 1. The van der Waals surface area contributed by atoms with E-state index < -0.39 is 14.9 Å². The Kier molecular flexibility index (Phi) is 4.48. The molecule has 0 aromatic heterocycles. The van der Waals surface area contributed by atoms with E-state index >= 15 is 0 Å². The first-order valence-electron chi connectivity index (χ1n) is 6.89. The normalized spacial score (nSPS) is 16.5. The highest BCUT2D eigenvalue weighted by molar-refractivity contribution is 7.89. The van der Waals surface area contributed by atoms with Gasteiger partial charge in [-0.3, -0.25) is 10.1 Å². The number of nitro benzene ring substituents is 1. The quantitative estimate of drug-likeness (QED) is 0.593. The minimum atomic E-state index is -3.66. The SMILES string of the molecule is CCNc1cc(S(=O)(=O)NC(C)C2CC2)ccc1[N+](=O)[O-]. The van der Waals surface area contributed by atoms with Crippen LogP contribution in [0.3, 0.4) is 0 Å². The minimum absolute atomic E-state index is 0.0385. The van der Waals surface area contributed by atoms with Crippen LogP contribution in [0.2, 0.25) is 0 Å². The highest BCUT2D eigenvalue weighted by atomic mass is 32.2. The molecule has 1 aromatic rings. The molecule has 0 spiro atoms. The Labute approximate surface area is 123 Å². The molecule has 21 heavy (non-hydrogen) atoms. The minimum Gasteiger partial charge on any atom is -0.380 e. The molecule has 0 aliphatic heterocycles. The molecule has 1 unspecified atom stereocenters. The van der Waals surface area contributed by atoms with Crippen LogP contribution in [-0.4, -0.2) is 25.9 Å². The average Bonchev–Trinajstić information content (AvgIpc) is 3.22. The van der Waals surface area contributed by atoms with Crippen LogP contribution >= 0.6 is 0 Å². The Morgan fingerprint density at radius 1 is 1.43 bits per heavy atom. The maximum Gasteiger partial charge on any atom is 0.292 e. The first-order valence-corrected chi connectivity index (χ1v) is 8.38. The fourth-order valence-electron chi connectivity index (χ4n) is 2.18. The van der Waals surface area contributed by atoms with E-state index in [0.29, 0.717) is 12.5 Å². The number of nitrogens with zero attached hydrogens (tertiary/aromatic N) is 1. The van der Waals surface area contributed by atoms with Crippen molar-refractivity contribution in [3.05, 3.63) is 28.3 Å². The third kappa shape index (κ3) is 3.70. The average molecular weight is 313 g/mol. The molecule has 0 radical (unpaired) electrons. The van der Waals surface area contributed by atoms with Crippen molar-refractivity contribution in [3.63, 3.8) is 0 Å². The third-order valence-corrected chi connectivity index (χ3v) is 5.07. The van der Waals surface area contributed by atoms with Gasteiger partial charge in [0.15, 0.2) is 0 Å². The van der Waals surface area contributed by atoms with Gasteiger partial charge in [-0.2, -0.15) is 0 Å². The fraction of sp³-hybridized carbons (Fsp3) is 0.538. The van der Waals surface area contributed by atoms with Gasteiger partial charge in [0, 0.05) is 18.7 Å². The van der Waals surface area contributed by atoms with Crippen molar-refractivity contribution in [2.45, 2.75) is 37.6 Å². The summed E-state index contributed by atoms with van der Waals surface area (Å²) in [5, 5.41) is 13.8. The number of sulfonamides is 1. The van der Waals surface area contributed by atoms with Crippen LogP contribution in [0, 0.1) is 16.0 Å². The summed E-state index contributed by atoms with van der Waals surface area (Å²) in [5.74, 6) is 0.395. The monoisotopic (exact) mass is 313 g/mol. The summed E-state index contributed by atoms with van der Waals surface area (Å²) >= 11 is 0. The van der Waals surface area contributed by atoms with Crippen LogP contribution in [-0.2, 0) is 10.0 Å². The summed E-state index contributed by atoms with van der Waals surface area (Å²) in [6, 6.07) is 3.67. The maximum absolute atomic E-state index is 12.3. The van der Waals surface area contributed by atoms with E-state index in [1.54, 1.807) is 6.92 Å². The zero-order valence-corrected chi connectivity index (χ0v) is 12.8. The molecule has 0 amide bonds. The topological polar surface area (TPSA) is 101 Å². The van der Waals surface area contributed by atoms with Crippen LogP contribution in [0.25, 0.3) is 0 Å². The zero-order valence-electron chi connectivity index (χ0n) is 12.0. The van der Waals surface area contributed by atoms with E-state index in [2.05, 4.69) is 10.0 Å². The molecule has 1 fully saturated rings. The van der Waals surface area contributed by atoms with Crippen molar-refractivity contribution < 1.29 is 13.3 Å². The second-order valence-corrected chi connectivity index (χ2v) is 6.93. The molecule has 1 aliphatic carbocycles. The largest absolute Gasteiger partial charge is 0.380 e. The molecule has 0 bridgehead atoms. The van der Waals surface area contributed by atoms with Crippen LogP contribution < -0.4 is 10.0 Å². The van der Waals surface area contributed by atoms with Gasteiger partial charge in [0.25, 0.3) is 5.69 Å². The predicted octanol–water partition coefficient (Wildman–Crippen LogP) is 2.10. The Bertz CT molecular complexity index is 641. The Hall–Kier alpha value is -1.67. The maximum atomic E-state index is 12.3. The fourth-order valence-corrected chi connectivity index (χ4v) is 3.52. The smallest absolute Gasteiger partial charge is 0.292 e. The van der Waals surface area contributed by atoms with E-state index in [1.165, 1.54) is 18.2 Å². The Morgan fingerprint density at radius 2 is 2.10 bits per heavy atom. The van der Waals surface area contributed by atoms with Crippen molar-refractivity contribution in [3.8, 4) is 0 Å². The molecule has 1 aromatic carbocycles. The standard InChI is InChI=1S/C13H19N3O4S/c1-3-14-12-8-11(6-7-13(12)16(17)18)21(19,20)15-9(2)10-4-5-10/h6-10,14-15H,3-5H2,1-2H3. The van der Waals surface area contributed by atoms with Gasteiger partial charge in [-0.1, -0.05) is 0 Å². The summed E-state index contributed by atoms with van der Waals surface area (Å²) in [7, 11) is -3.66. The van der Waals surface area contributed by atoms with Gasteiger partial charge in [-0.05, 0) is 44.7 Å². The summed E-state index contributed by atoms with van der Waals surface area (Å²) in [5.41, 5.74) is 0.0792. The van der Waals surface area contributed by atoms with E-state index in [1.807, 2.05) is 6.92 Å². The molecule has 0 saturated heterocycles. The second-order valence-electron chi connectivity index (χ2n) is 5.21. The first kappa shape index (κ1) is 15.7. The summed E-state index contributed by atoms with van der Waals surface area (Å²) < 4.78 is 27.2. The van der Waals surface area contributed by atoms with Crippen molar-refractivity contribution in [1.29, 1.82) is 0 Å². The highest BCUT2D eigenvalue weighted by Crippen LogP contribution is 2.33. The van der Waals surface area contributed by atoms with Crippen LogP contribution in [0.1, 0.15) is 26.7 Å². The van der Waals surface area contributed by atoms with Crippen molar-refractivity contribution in [2.75, 3.05) is 11.9 Å². The molecule has 0 heterocycles. The van der Waals surface area contributed by atoms with Gasteiger partial charge in [0.05, 0.1) is 9.82 Å². The number of nitrogens with one attached hydrogen (secondary N) is 2. The number of benzene rings is 1. The summed E-state index contributed by atoms with van der Waals surface area (Å²) in [6.07, 6.45) is 2.07. The second kappa shape index (κ2) is 5.98. The number of rotatable bonds is 7. The summed E-state index contributed by atoms with van der Waals surface area (Å²) in [4.78, 5) is 10.4. The van der Waals surface area contributed by atoms with E-state index in [4.69, 9.17) is 0 Å². The molecular formula is C13H19N3O4S. The summed E-state index contributed by atoms with van der Waals surface area (Å²) in [6.45, 7) is 4.10. The molecule has 7 nitrogen and oxygen atoms in total. The van der Waals surface area contributed by atoms with Crippen molar-refractivity contribution in [2.24, 2.45) is 5.92 Å². The van der Waals surface area contributed by atoms with Crippen LogP contribution in [0.15, 0.2) is 23.1 Å². The Balaban J connectivity index is 2.29. The first-order chi connectivity index (χ1) is 9.85. The van der Waals surface area contributed by atoms with Crippen molar-refractivity contribution in [1.82, 2.24) is 4.72 Å². The lowest BCUT2D eigenvalue weighted by Crippen LogP contribution is -2.34. The molecule has 1 saturated carbocycles. The molecule has 1 aliphatic rings. The molecule has 1 atom stereocenters. The van der Waals surface area contributed by atoms with Crippen LogP contribution in [0.4, 0.5) is 11.4 Å². The van der Waals surface area contributed by atoms with Gasteiger partial charge in [0.1, 0.15) is 5.69 Å².